The van der Waals surface area contributed by atoms with Crippen LogP contribution < -0.4 is 11.3 Å². The van der Waals surface area contributed by atoms with Crippen molar-refractivity contribution in [3.8, 4) is 0 Å². The molecule has 108 valence electrons. The summed E-state index contributed by atoms with van der Waals surface area (Å²) in [4.78, 5) is 0. The Hall–Kier alpha value is -1.88. The number of para-hydroxylation sites is 1. The van der Waals surface area contributed by atoms with E-state index >= 15 is 0 Å². The number of furan rings is 1. The molecule has 0 aliphatic heterocycles. The molecule has 0 amide bonds. The Balaban J connectivity index is 1.95. The van der Waals surface area contributed by atoms with Crippen molar-refractivity contribution in [1.29, 1.82) is 0 Å². The van der Waals surface area contributed by atoms with E-state index in [1.54, 1.807) is 12.3 Å². The highest BCUT2D eigenvalue weighted by Gasteiger charge is 2.17. The summed E-state index contributed by atoms with van der Waals surface area (Å²) in [6.45, 7) is 0. The van der Waals surface area contributed by atoms with E-state index in [2.05, 4.69) is 5.43 Å². The van der Waals surface area contributed by atoms with Gasteiger partial charge >= 0.3 is 0 Å². The third kappa shape index (κ3) is 2.78. The van der Waals surface area contributed by atoms with E-state index in [1.807, 2.05) is 24.3 Å². The van der Waals surface area contributed by atoms with Crippen LogP contribution in [0.2, 0.25) is 5.02 Å². The molecule has 3 nitrogen and oxygen atoms in total. The van der Waals surface area contributed by atoms with Crippen molar-refractivity contribution in [1.82, 2.24) is 5.43 Å². The van der Waals surface area contributed by atoms with Crippen LogP contribution in [0.5, 0.6) is 0 Å². The van der Waals surface area contributed by atoms with Crippen molar-refractivity contribution in [2.24, 2.45) is 5.84 Å². The minimum absolute atomic E-state index is 0.170. The predicted octanol–water partition coefficient (Wildman–Crippen LogP) is 3.97. The smallest absolute Gasteiger partial charge is 0.134 e. The molecule has 0 aliphatic rings. The third-order valence-corrected chi connectivity index (χ3v) is 3.88. The van der Waals surface area contributed by atoms with Crippen LogP contribution in [0.4, 0.5) is 4.39 Å². The molecule has 1 heterocycles. The molecule has 3 aromatic rings. The first-order valence-corrected chi connectivity index (χ1v) is 6.93. The molecule has 21 heavy (non-hydrogen) atoms. The summed E-state index contributed by atoms with van der Waals surface area (Å²) in [5.74, 6) is 5.32. The zero-order valence-corrected chi connectivity index (χ0v) is 11.9. The molecule has 1 atom stereocenters. The Morgan fingerprint density at radius 3 is 2.81 bits per heavy atom. The fourth-order valence-corrected chi connectivity index (χ4v) is 2.68. The van der Waals surface area contributed by atoms with Crippen molar-refractivity contribution in [2.45, 2.75) is 12.5 Å². The molecule has 1 unspecified atom stereocenters. The van der Waals surface area contributed by atoms with Crippen molar-refractivity contribution in [2.75, 3.05) is 0 Å². The molecule has 0 aliphatic carbocycles. The molecule has 0 saturated heterocycles. The van der Waals surface area contributed by atoms with Crippen LogP contribution in [-0.4, -0.2) is 0 Å². The van der Waals surface area contributed by atoms with Crippen molar-refractivity contribution < 1.29 is 8.81 Å². The maximum absolute atomic E-state index is 13.1. The summed E-state index contributed by atoms with van der Waals surface area (Å²) in [6.07, 6.45) is 2.23. The Morgan fingerprint density at radius 2 is 2.05 bits per heavy atom. The first-order valence-electron chi connectivity index (χ1n) is 6.55. The summed E-state index contributed by atoms with van der Waals surface area (Å²) >= 11 is 6.08. The van der Waals surface area contributed by atoms with Crippen LogP contribution in [0.25, 0.3) is 11.0 Å². The molecule has 1 aromatic heterocycles. The van der Waals surface area contributed by atoms with Gasteiger partial charge in [-0.15, -0.1) is 0 Å². The largest absolute Gasteiger partial charge is 0.464 e. The number of rotatable bonds is 4. The summed E-state index contributed by atoms with van der Waals surface area (Å²) < 4.78 is 18.6. The lowest BCUT2D eigenvalue weighted by molar-refractivity contribution is 0.536. The summed E-state index contributed by atoms with van der Waals surface area (Å²) in [7, 11) is 0. The van der Waals surface area contributed by atoms with Crippen molar-refractivity contribution >= 4 is 22.6 Å². The van der Waals surface area contributed by atoms with Crippen LogP contribution in [0.15, 0.2) is 53.1 Å². The average molecular weight is 305 g/mol. The zero-order valence-electron chi connectivity index (χ0n) is 11.1. The van der Waals surface area contributed by atoms with Gasteiger partial charge in [0, 0.05) is 16.0 Å². The summed E-state index contributed by atoms with van der Waals surface area (Å²) in [6, 6.07) is 11.9. The SMILES string of the molecule is NNC(Cc1ccc(F)cc1Cl)c1coc2ccccc12. The number of benzene rings is 2. The molecule has 5 heteroatoms. The van der Waals surface area contributed by atoms with Gasteiger partial charge in [0.1, 0.15) is 11.4 Å². The highest BCUT2D eigenvalue weighted by Crippen LogP contribution is 2.30. The fraction of sp³-hybridized carbons (Fsp3) is 0.125. The molecule has 0 spiro atoms. The van der Waals surface area contributed by atoms with Gasteiger partial charge in [-0.1, -0.05) is 35.9 Å². The number of fused-ring (bicyclic) bond motifs is 1. The first-order chi connectivity index (χ1) is 10.2. The maximum atomic E-state index is 13.1. The molecule has 0 radical (unpaired) electrons. The van der Waals surface area contributed by atoms with Gasteiger partial charge in [0.25, 0.3) is 0 Å². The highest BCUT2D eigenvalue weighted by molar-refractivity contribution is 6.31. The highest BCUT2D eigenvalue weighted by atomic mass is 35.5. The molecular weight excluding hydrogens is 291 g/mol. The van der Waals surface area contributed by atoms with Gasteiger partial charge in [0.2, 0.25) is 0 Å². The van der Waals surface area contributed by atoms with Gasteiger partial charge in [-0.25, -0.2) is 4.39 Å². The predicted molar refractivity (Wildman–Crippen MR) is 81.4 cm³/mol. The number of nitrogens with one attached hydrogen (secondary N) is 1. The number of halogens is 2. The van der Waals surface area contributed by atoms with Gasteiger partial charge in [-0.3, -0.25) is 11.3 Å². The molecule has 2 aromatic carbocycles. The summed E-state index contributed by atoms with van der Waals surface area (Å²) in [5.41, 5.74) is 5.36. The topological polar surface area (TPSA) is 51.2 Å². The fourth-order valence-electron chi connectivity index (χ4n) is 2.43. The number of hydrogen-bond donors (Lipinski definition) is 2. The van der Waals surface area contributed by atoms with E-state index in [9.17, 15) is 4.39 Å². The molecule has 3 rings (SSSR count). The van der Waals surface area contributed by atoms with Gasteiger partial charge in [-0.2, -0.15) is 0 Å². The lowest BCUT2D eigenvalue weighted by Crippen LogP contribution is -2.29. The van der Waals surface area contributed by atoms with E-state index in [0.717, 1.165) is 22.1 Å². The van der Waals surface area contributed by atoms with Crippen LogP contribution in [0.1, 0.15) is 17.2 Å². The normalized spacial score (nSPS) is 12.7. The summed E-state index contributed by atoms with van der Waals surface area (Å²) in [5, 5.41) is 1.39. The van der Waals surface area contributed by atoms with E-state index in [4.69, 9.17) is 21.9 Å². The van der Waals surface area contributed by atoms with Crippen LogP contribution in [0, 0.1) is 5.82 Å². The van der Waals surface area contributed by atoms with Gasteiger partial charge in [0.05, 0.1) is 12.3 Å². The van der Waals surface area contributed by atoms with Crippen molar-refractivity contribution in [3.63, 3.8) is 0 Å². The van der Waals surface area contributed by atoms with Crippen LogP contribution in [0.3, 0.4) is 0 Å². The van der Waals surface area contributed by atoms with Gasteiger partial charge in [0.15, 0.2) is 0 Å². The minimum atomic E-state index is -0.352. The van der Waals surface area contributed by atoms with E-state index in [1.165, 1.54) is 12.1 Å². The Kier molecular flexibility index (Phi) is 3.92. The van der Waals surface area contributed by atoms with E-state index < -0.39 is 0 Å². The van der Waals surface area contributed by atoms with E-state index in [0.29, 0.717) is 11.4 Å². The number of nitrogens with two attached hydrogens (primary N) is 1. The monoisotopic (exact) mass is 304 g/mol. The molecular formula is C16H14ClFN2O. The minimum Gasteiger partial charge on any atom is -0.464 e. The quantitative estimate of drug-likeness (QED) is 0.566. The molecule has 3 N–H and O–H groups in total. The molecule has 0 fully saturated rings. The Morgan fingerprint density at radius 1 is 1.24 bits per heavy atom. The Labute approximate surface area is 126 Å². The lowest BCUT2D eigenvalue weighted by atomic mass is 9.99. The standard InChI is InChI=1S/C16H14ClFN2O/c17-14-8-11(18)6-5-10(14)7-15(20-19)13-9-21-16-4-2-1-3-12(13)16/h1-6,8-9,15,20H,7,19H2. The lowest BCUT2D eigenvalue weighted by Gasteiger charge is -2.15. The van der Waals surface area contributed by atoms with E-state index in [-0.39, 0.29) is 11.9 Å². The second-order valence-electron chi connectivity index (χ2n) is 4.85. The number of hydrogen-bond acceptors (Lipinski definition) is 3. The molecule has 0 bridgehead atoms. The number of hydrazine groups is 1. The van der Waals surface area contributed by atoms with Crippen LogP contribution in [-0.2, 0) is 6.42 Å². The zero-order chi connectivity index (χ0) is 14.8. The second kappa shape index (κ2) is 5.85. The second-order valence-corrected chi connectivity index (χ2v) is 5.25. The Bertz CT molecular complexity index is 772. The maximum Gasteiger partial charge on any atom is 0.134 e. The van der Waals surface area contributed by atoms with Crippen LogP contribution >= 0.6 is 11.6 Å². The average Bonchev–Trinajstić information content (AvgIpc) is 2.91. The first kappa shape index (κ1) is 14.1. The van der Waals surface area contributed by atoms with Crippen molar-refractivity contribution in [3.05, 3.63) is 70.7 Å². The van der Waals surface area contributed by atoms with Gasteiger partial charge in [-0.05, 0) is 30.2 Å². The third-order valence-electron chi connectivity index (χ3n) is 3.53. The molecule has 0 saturated carbocycles. The van der Waals surface area contributed by atoms with Gasteiger partial charge < -0.3 is 4.42 Å².